The van der Waals surface area contributed by atoms with Crippen molar-refractivity contribution in [2.45, 2.75) is 0 Å². The second-order valence-corrected chi connectivity index (χ2v) is 4.08. The van der Waals surface area contributed by atoms with Crippen LogP contribution in [0.25, 0.3) is 0 Å². The van der Waals surface area contributed by atoms with E-state index in [-0.39, 0.29) is 11.4 Å². The van der Waals surface area contributed by atoms with Gasteiger partial charge in [0, 0.05) is 18.2 Å². The highest BCUT2D eigenvalue weighted by Gasteiger charge is 2.26. The van der Waals surface area contributed by atoms with Gasteiger partial charge in [0.25, 0.3) is 17.1 Å². The molecule has 0 unspecified atom stereocenters. The third kappa shape index (κ3) is 2.80. The smallest absolute Gasteiger partial charge is 0.299 e. The molecule has 0 heterocycles. The molecule has 0 saturated carbocycles. The first-order valence-electron chi connectivity index (χ1n) is 5.84. The lowest BCUT2D eigenvalue weighted by atomic mass is 10.2. The third-order valence-corrected chi connectivity index (χ3v) is 2.77. The van der Waals surface area contributed by atoms with Gasteiger partial charge in [-0.3, -0.25) is 30.3 Å². The average Bonchev–Trinajstić information content (AvgIpc) is 2.47. The molecule has 0 fully saturated rings. The van der Waals surface area contributed by atoms with Crippen molar-refractivity contribution < 1.29 is 14.8 Å². The van der Waals surface area contributed by atoms with Crippen LogP contribution < -0.4 is 5.32 Å². The molecule has 22 heavy (non-hydrogen) atoms. The number of nitro groups is 3. The van der Waals surface area contributed by atoms with E-state index in [0.29, 0.717) is 0 Å². The van der Waals surface area contributed by atoms with Crippen LogP contribution in [0.1, 0.15) is 0 Å². The molecule has 2 aromatic carbocycles. The number of hydrogen-bond acceptors (Lipinski definition) is 7. The maximum Gasteiger partial charge on any atom is 0.299 e. The molecule has 2 aromatic rings. The van der Waals surface area contributed by atoms with Crippen LogP contribution in [-0.2, 0) is 0 Å². The summed E-state index contributed by atoms with van der Waals surface area (Å²) in [7, 11) is 0. The second kappa shape index (κ2) is 5.83. The van der Waals surface area contributed by atoms with Crippen molar-refractivity contribution in [3.8, 4) is 0 Å². The minimum Gasteiger partial charge on any atom is -0.339 e. The topological polar surface area (TPSA) is 141 Å². The zero-order valence-electron chi connectivity index (χ0n) is 10.8. The molecule has 0 spiro atoms. The maximum absolute atomic E-state index is 11.0. The standard InChI is InChI=1S/C12H8N4O6/c17-14(18)9-5-2-1-4-8(9)13-12-10(15(19)20)6-3-7-11(12)16(21)22/h1-7,13H. The Morgan fingerprint density at radius 3 is 1.64 bits per heavy atom. The lowest BCUT2D eigenvalue weighted by molar-refractivity contribution is -0.392. The quantitative estimate of drug-likeness (QED) is 0.660. The highest BCUT2D eigenvalue weighted by molar-refractivity contribution is 5.81. The number of nitrogens with one attached hydrogen (secondary N) is 1. The van der Waals surface area contributed by atoms with Crippen molar-refractivity contribution in [1.82, 2.24) is 0 Å². The SMILES string of the molecule is O=[N+]([O-])c1ccccc1Nc1c([N+](=O)[O-])cccc1[N+](=O)[O-]. The van der Waals surface area contributed by atoms with Crippen molar-refractivity contribution in [3.63, 3.8) is 0 Å². The van der Waals surface area contributed by atoms with Crippen LogP contribution in [0.15, 0.2) is 42.5 Å². The molecular weight excluding hydrogens is 296 g/mol. The van der Waals surface area contributed by atoms with Gasteiger partial charge in [-0.15, -0.1) is 0 Å². The van der Waals surface area contributed by atoms with E-state index in [4.69, 9.17) is 0 Å². The first-order valence-corrected chi connectivity index (χ1v) is 5.84. The Labute approximate surface area is 122 Å². The van der Waals surface area contributed by atoms with E-state index in [1.807, 2.05) is 0 Å². The summed E-state index contributed by atoms with van der Waals surface area (Å²) in [6.45, 7) is 0. The van der Waals surface area contributed by atoms with Gasteiger partial charge in [0.1, 0.15) is 5.69 Å². The normalized spacial score (nSPS) is 10.0. The number of para-hydroxylation sites is 3. The minimum absolute atomic E-state index is 0.0788. The second-order valence-electron chi connectivity index (χ2n) is 4.08. The van der Waals surface area contributed by atoms with Gasteiger partial charge < -0.3 is 5.32 Å². The minimum atomic E-state index is -0.801. The highest BCUT2D eigenvalue weighted by atomic mass is 16.6. The molecule has 0 aliphatic rings. The Kier molecular flexibility index (Phi) is 3.93. The van der Waals surface area contributed by atoms with Gasteiger partial charge in [-0.2, -0.15) is 0 Å². The van der Waals surface area contributed by atoms with Crippen molar-refractivity contribution in [3.05, 3.63) is 72.8 Å². The van der Waals surface area contributed by atoms with Crippen molar-refractivity contribution >= 4 is 28.4 Å². The molecule has 2 rings (SSSR count). The third-order valence-electron chi connectivity index (χ3n) is 2.77. The van der Waals surface area contributed by atoms with Crippen LogP contribution in [0.4, 0.5) is 28.4 Å². The van der Waals surface area contributed by atoms with Crippen LogP contribution in [0, 0.1) is 30.3 Å². The molecule has 0 aliphatic heterocycles. The molecule has 1 N–H and O–H groups in total. The van der Waals surface area contributed by atoms with Crippen molar-refractivity contribution in [1.29, 1.82) is 0 Å². The number of rotatable bonds is 5. The molecule has 0 saturated heterocycles. The Hall–Kier alpha value is -3.56. The maximum atomic E-state index is 11.0. The van der Waals surface area contributed by atoms with Crippen molar-refractivity contribution in [2.75, 3.05) is 5.32 Å². The van der Waals surface area contributed by atoms with E-state index >= 15 is 0 Å². The van der Waals surface area contributed by atoms with E-state index in [1.54, 1.807) is 0 Å². The molecule has 10 nitrogen and oxygen atoms in total. The molecule has 0 radical (unpaired) electrons. The van der Waals surface area contributed by atoms with Crippen LogP contribution >= 0.6 is 0 Å². The Balaban J connectivity index is 2.61. The summed E-state index contributed by atoms with van der Waals surface area (Å²) < 4.78 is 0. The van der Waals surface area contributed by atoms with Gasteiger partial charge in [-0.05, 0) is 12.1 Å². The first kappa shape index (κ1) is 14.8. The fourth-order valence-corrected chi connectivity index (χ4v) is 1.83. The number of anilines is 2. The van der Waals surface area contributed by atoms with Gasteiger partial charge in [-0.1, -0.05) is 12.1 Å². The highest BCUT2D eigenvalue weighted by Crippen LogP contribution is 2.38. The zero-order chi connectivity index (χ0) is 16.3. The van der Waals surface area contributed by atoms with Crippen LogP contribution in [0.5, 0.6) is 0 Å². The number of nitrogens with zero attached hydrogens (tertiary/aromatic N) is 3. The summed E-state index contributed by atoms with van der Waals surface area (Å²) in [5, 5.41) is 35.4. The summed E-state index contributed by atoms with van der Waals surface area (Å²) in [6, 6.07) is 8.68. The van der Waals surface area contributed by atoms with Gasteiger partial charge in [0.05, 0.1) is 14.8 Å². The number of nitro benzene ring substituents is 3. The van der Waals surface area contributed by atoms with Gasteiger partial charge >= 0.3 is 0 Å². The summed E-state index contributed by atoms with van der Waals surface area (Å²) in [6.07, 6.45) is 0. The average molecular weight is 304 g/mol. The van der Waals surface area contributed by atoms with E-state index in [2.05, 4.69) is 5.32 Å². The van der Waals surface area contributed by atoms with Gasteiger partial charge in [-0.25, -0.2) is 0 Å². The molecule has 0 bridgehead atoms. The zero-order valence-corrected chi connectivity index (χ0v) is 10.8. The summed E-state index contributed by atoms with van der Waals surface area (Å²) in [5.41, 5.74) is -1.94. The number of hydrogen-bond donors (Lipinski definition) is 1. The lowest BCUT2D eigenvalue weighted by Gasteiger charge is -2.08. The summed E-state index contributed by atoms with van der Waals surface area (Å²) in [5.74, 6) is 0. The molecule has 0 atom stereocenters. The van der Waals surface area contributed by atoms with Gasteiger partial charge in [0.15, 0.2) is 5.69 Å². The summed E-state index contributed by atoms with van der Waals surface area (Å²) >= 11 is 0. The van der Waals surface area contributed by atoms with E-state index in [1.165, 1.54) is 30.3 Å². The first-order chi connectivity index (χ1) is 10.4. The van der Waals surface area contributed by atoms with E-state index < -0.39 is 31.8 Å². The van der Waals surface area contributed by atoms with Crippen LogP contribution in [0.2, 0.25) is 0 Å². The lowest BCUT2D eigenvalue weighted by Crippen LogP contribution is -2.03. The summed E-state index contributed by atoms with van der Waals surface area (Å²) in [4.78, 5) is 30.7. The Morgan fingerprint density at radius 2 is 1.14 bits per heavy atom. The molecule has 10 heteroatoms. The molecule has 0 aliphatic carbocycles. The largest absolute Gasteiger partial charge is 0.339 e. The molecule has 112 valence electrons. The Morgan fingerprint density at radius 1 is 0.682 bits per heavy atom. The van der Waals surface area contributed by atoms with Crippen LogP contribution in [-0.4, -0.2) is 14.8 Å². The fraction of sp³-hybridized carbons (Fsp3) is 0. The predicted octanol–water partition coefficient (Wildman–Crippen LogP) is 3.15. The molecule has 0 amide bonds. The van der Waals surface area contributed by atoms with Gasteiger partial charge in [0.2, 0.25) is 0 Å². The fourth-order valence-electron chi connectivity index (χ4n) is 1.83. The van der Waals surface area contributed by atoms with Crippen LogP contribution in [0.3, 0.4) is 0 Å². The van der Waals surface area contributed by atoms with E-state index in [0.717, 1.165) is 12.1 Å². The molecular formula is C12H8N4O6. The van der Waals surface area contributed by atoms with Crippen molar-refractivity contribution in [2.24, 2.45) is 0 Å². The van der Waals surface area contributed by atoms with E-state index in [9.17, 15) is 30.3 Å². The number of benzene rings is 2. The predicted molar refractivity (Wildman–Crippen MR) is 76.1 cm³/mol. The molecule has 0 aromatic heterocycles. The Bertz CT molecular complexity index is 744. The monoisotopic (exact) mass is 304 g/mol.